The number of hydrogen-bond donors (Lipinski definition) is 1. The second kappa shape index (κ2) is 6.96. The predicted octanol–water partition coefficient (Wildman–Crippen LogP) is 2.40. The highest BCUT2D eigenvalue weighted by molar-refractivity contribution is 5.52. The van der Waals surface area contributed by atoms with E-state index in [1.807, 2.05) is 24.3 Å². The average Bonchev–Trinajstić information content (AvgIpc) is 2.68. The second-order valence-electron chi connectivity index (χ2n) is 5.73. The van der Waals surface area contributed by atoms with Crippen molar-refractivity contribution in [2.24, 2.45) is 0 Å². The Kier molecular flexibility index (Phi) is 4.75. The van der Waals surface area contributed by atoms with Crippen LogP contribution in [-0.4, -0.2) is 38.5 Å². The number of aliphatic hydroxyl groups is 1. The molecule has 0 unspecified atom stereocenters. The van der Waals surface area contributed by atoms with Crippen LogP contribution in [0.25, 0.3) is 0 Å². The van der Waals surface area contributed by atoms with Gasteiger partial charge in [0.15, 0.2) is 5.60 Å². The maximum Gasteiger partial charge on any atom is 0.176 e. The Bertz CT molecular complexity index is 712. The summed E-state index contributed by atoms with van der Waals surface area (Å²) in [5, 5.41) is 11.0. The first kappa shape index (κ1) is 16.4. The van der Waals surface area contributed by atoms with Crippen LogP contribution < -0.4 is 9.64 Å². The Morgan fingerprint density at radius 2 is 1.58 bits per heavy atom. The normalized spacial score (nSPS) is 17.0. The smallest absolute Gasteiger partial charge is 0.176 e. The summed E-state index contributed by atoms with van der Waals surface area (Å²) >= 11 is 0. The van der Waals surface area contributed by atoms with Crippen molar-refractivity contribution >= 4 is 5.69 Å². The lowest BCUT2D eigenvalue weighted by Gasteiger charge is -2.30. The molecule has 0 amide bonds. The Hall–Kier alpha value is -2.48. The molecular formula is C20H21NO3. The first-order valence-electron chi connectivity index (χ1n) is 7.95. The van der Waals surface area contributed by atoms with E-state index in [0.717, 1.165) is 37.7 Å². The second-order valence-corrected chi connectivity index (χ2v) is 5.73. The van der Waals surface area contributed by atoms with Gasteiger partial charge in [0.05, 0.1) is 20.3 Å². The van der Waals surface area contributed by atoms with Gasteiger partial charge in [-0.1, -0.05) is 30.2 Å². The van der Waals surface area contributed by atoms with E-state index < -0.39 is 5.60 Å². The number of benzene rings is 2. The zero-order valence-electron chi connectivity index (χ0n) is 13.7. The van der Waals surface area contributed by atoms with Crippen molar-refractivity contribution in [3.05, 3.63) is 59.7 Å². The average molecular weight is 323 g/mol. The lowest BCUT2D eigenvalue weighted by atomic mass is 9.87. The van der Waals surface area contributed by atoms with Gasteiger partial charge in [-0.2, -0.15) is 0 Å². The van der Waals surface area contributed by atoms with E-state index in [9.17, 15) is 5.11 Å². The lowest BCUT2D eigenvalue weighted by molar-refractivity contribution is 0.122. The number of morpholine rings is 1. The van der Waals surface area contributed by atoms with Gasteiger partial charge in [0.25, 0.3) is 0 Å². The summed E-state index contributed by atoms with van der Waals surface area (Å²) in [7, 11) is 1.60. The van der Waals surface area contributed by atoms with E-state index in [2.05, 4.69) is 10.8 Å². The molecule has 1 aliphatic heterocycles. The fourth-order valence-corrected chi connectivity index (χ4v) is 2.90. The molecular weight excluding hydrogens is 302 g/mol. The molecule has 4 nitrogen and oxygen atoms in total. The van der Waals surface area contributed by atoms with Crippen molar-refractivity contribution in [3.63, 3.8) is 0 Å². The molecule has 2 aromatic rings. The molecule has 0 saturated carbocycles. The van der Waals surface area contributed by atoms with Crippen molar-refractivity contribution in [1.29, 1.82) is 0 Å². The topological polar surface area (TPSA) is 41.9 Å². The van der Waals surface area contributed by atoms with E-state index in [-0.39, 0.29) is 0 Å². The minimum Gasteiger partial charge on any atom is -0.497 e. The summed E-state index contributed by atoms with van der Waals surface area (Å²) in [4.78, 5) is 2.26. The Morgan fingerprint density at radius 1 is 1.04 bits per heavy atom. The van der Waals surface area contributed by atoms with Gasteiger partial charge < -0.3 is 19.5 Å². The highest BCUT2D eigenvalue weighted by Crippen LogP contribution is 2.31. The van der Waals surface area contributed by atoms with Crippen molar-refractivity contribution in [2.75, 3.05) is 38.3 Å². The zero-order chi connectivity index (χ0) is 17.0. The highest BCUT2D eigenvalue weighted by atomic mass is 16.5. The van der Waals surface area contributed by atoms with Crippen LogP contribution in [0.4, 0.5) is 5.69 Å². The van der Waals surface area contributed by atoms with Gasteiger partial charge >= 0.3 is 0 Å². The zero-order valence-corrected chi connectivity index (χ0v) is 13.7. The monoisotopic (exact) mass is 323 g/mol. The van der Waals surface area contributed by atoms with Crippen molar-refractivity contribution < 1.29 is 14.6 Å². The van der Waals surface area contributed by atoms with Crippen LogP contribution in [0.1, 0.15) is 11.1 Å². The molecule has 124 valence electrons. The summed E-state index contributed by atoms with van der Waals surface area (Å²) in [5.41, 5.74) is 0.962. The van der Waals surface area contributed by atoms with E-state index in [0.29, 0.717) is 11.1 Å². The molecule has 4 heteroatoms. The van der Waals surface area contributed by atoms with Crippen LogP contribution in [0.5, 0.6) is 5.75 Å². The molecule has 1 saturated heterocycles. The molecule has 0 spiro atoms. The Labute approximate surface area is 142 Å². The first-order valence-corrected chi connectivity index (χ1v) is 7.95. The minimum atomic E-state index is -1.46. The maximum absolute atomic E-state index is 11.0. The van der Waals surface area contributed by atoms with Crippen molar-refractivity contribution in [1.82, 2.24) is 0 Å². The molecule has 2 aromatic carbocycles. The van der Waals surface area contributed by atoms with Crippen LogP contribution in [-0.2, 0) is 10.3 Å². The van der Waals surface area contributed by atoms with Gasteiger partial charge in [-0.15, -0.1) is 6.42 Å². The van der Waals surface area contributed by atoms with Gasteiger partial charge in [-0.05, 0) is 24.3 Å². The van der Waals surface area contributed by atoms with Crippen LogP contribution in [0.15, 0.2) is 48.5 Å². The SMILES string of the molecule is C#C[C@@](O)(c1ccc(OC)cc1)c1ccc(N2CCOCC2)cc1. The van der Waals surface area contributed by atoms with E-state index >= 15 is 0 Å². The number of methoxy groups -OCH3 is 1. The summed E-state index contributed by atoms with van der Waals surface area (Å²) in [6.45, 7) is 3.22. The fourth-order valence-electron chi connectivity index (χ4n) is 2.90. The fraction of sp³-hybridized carbons (Fsp3) is 0.300. The van der Waals surface area contributed by atoms with Gasteiger partial charge in [-0.25, -0.2) is 0 Å². The van der Waals surface area contributed by atoms with Gasteiger partial charge in [-0.3, -0.25) is 0 Å². The number of nitrogens with zero attached hydrogens (tertiary/aromatic N) is 1. The van der Waals surface area contributed by atoms with E-state index in [1.54, 1.807) is 31.4 Å². The Morgan fingerprint density at radius 3 is 2.08 bits per heavy atom. The Balaban J connectivity index is 1.88. The molecule has 0 bridgehead atoms. The highest BCUT2D eigenvalue weighted by Gasteiger charge is 2.29. The van der Waals surface area contributed by atoms with Crippen molar-refractivity contribution in [3.8, 4) is 18.1 Å². The van der Waals surface area contributed by atoms with Crippen molar-refractivity contribution in [2.45, 2.75) is 5.60 Å². The van der Waals surface area contributed by atoms with Gasteiger partial charge in [0.2, 0.25) is 0 Å². The van der Waals surface area contributed by atoms with Gasteiger partial charge in [0.1, 0.15) is 5.75 Å². The number of rotatable bonds is 4. The quantitative estimate of drug-likeness (QED) is 0.878. The van der Waals surface area contributed by atoms with E-state index in [4.69, 9.17) is 15.9 Å². The number of ether oxygens (including phenoxy) is 2. The van der Waals surface area contributed by atoms with Gasteiger partial charge in [0, 0.05) is 29.9 Å². The van der Waals surface area contributed by atoms with Crippen LogP contribution in [0.3, 0.4) is 0 Å². The maximum atomic E-state index is 11.0. The molecule has 1 heterocycles. The largest absolute Gasteiger partial charge is 0.497 e. The first-order chi connectivity index (χ1) is 11.7. The number of terminal acetylenes is 1. The number of hydrogen-bond acceptors (Lipinski definition) is 4. The lowest BCUT2D eigenvalue weighted by Crippen LogP contribution is -2.36. The van der Waals surface area contributed by atoms with E-state index in [1.165, 1.54) is 0 Å². The molecule has 0 aromatic heterocycles. The third-order valence-corrected chi connectivity index (χ3v) is 4.38. The molecule has 1 atom stereocenters. The summed E-state index contributed by atoms with van der Waals surface area (Å²) in [6, 6.07) is 14.9. The van der Waals surface area contributed by atoms with Crippen LogP contribution in [0, 0.1) is 12.3 Å². The minimum absolute atomic E-state index is 0.643. The third-order valence-electron chi connectivity index (χ3n) is 4.38. The summed E-state index contributed by atoms with van der Waals surface area (Å²) in [5.74, 6) is 3.25. The molecule has 3 rings (SSSR count). The summed E-state index contributed by atoms with van der Waals surface area (Å²) < 4.78 is 10.5. The molecule has 1 N–H and O–H groups in total. The summed E-state index contributed by atoms with van der Waals surface area (Å²) in [6.07, 6.45) is 5.66. The van der Waals surface area contributed by atoms with Crippen LogP contribution in [0.2, 0.25) is 0 Å². The molecule has 1 aliphatic rings. The molecule has 0 radical (unpaired) electrons. The molecule has 0 aliphatic carbocycles. The third kappa shape index (κ3) is 3.09. The number of anilines is 1. The predicted molar refractivity (Wildman–Crippen MR) is 94.3 cm³/mol. The standard InChI is InChI=1S/C20H21NO3/c1-3-20(22,17-6-10-19(23-2)11-7-17)16-4-8-18(9-5-16)21-12-14-24-15-13-21/h1,4-11,22H,12-15H2,2H3/t20-/m0/s1. The van der Waals surface area contributed by atoms with Crippen LogP contribution >= 0.6 is 0 Å². The molecule has 24 heavy (non-hydrogen) atoms. The molecule has 1 fully saturated rings.